The molecule has 0 fully saturated rings. The van der Waals surface area contributed by atoms with E-state index in [1.54, 1.807) is 20.8 Å². The number of carbonyl (C=O) groups excluding carboxylic acids is 2. The first kappa shape index (κ1) is 18.1. The molecule has 0 bridgehead atoms. The number of hydrogen-bond donors (Lipinski definition) is 1. The van der Waals surface area contributed by atoms with Crippen molar-refractivity contribution >= 4 is 17.5 Å². The first-order chi connectivity index (χ1) is 6.49. The van der Waals surface area contributed by atoms with Gasteiger partial charge in [0.2, 0.25) is 0 Å². The van der Waals surface area contributed by atoms with E-state index in [-0.39, 0.29) is 38.4 Å². The Morgan fingerprint density at radius 2 is 1.31 bits per heavy atom. The minimum Gasteiger partial charge on any atom is -0.481 e. The van der Waals surface area contributed by atoms with Crippen LogP contribution in [0.4, 0.5) is 0 Å². The zero-order valence-corrected chi connectivity index (χ0v) is 12.8. The summed E-state index contributed by atoms with van der Waals surface area (Å²) in [6.45, 7) is 7.74. The molecule has 16 heavy (non-hydrogen) atoms. The minimum atomic E-state index is -1.49. The molecule has 90 valence electrons. The molecule has 0 aromatic heterocycles. The fourth-order valence-electron chi connectivity index (χ4n) is 0.751. The second-order valence-electron chi connectivity index (χ2n) is 5.20. The van der Waals surface area contributed by atoms with Crippen LogP contribution in [-0.4, -0.2) is 22.6 Å². The zero-order chi connectivity index (χ0) is 12.4. The van der Waals surface area contributed by atoms with E-state index in [0.29, 0.717) is 0 Å². The summed E-state index contributed by atoms with van der Waals surface area (Å²) in [5, 5.41) is 8.80. The normalized spacial score (nSPS) is 11.6. The van der Waals surface area contributed by atoms with E-state index in [9.17, 15) is 14.4 Å². The smallest absolute Gasteiger partial charge is 0.316 e. The van der Waals surface area contributed by atoms with Gasteiger partial charge in [-0.15, -0.1) is 0 Å². The average molecular weight is 305 g/mol. The van der Waals surface area contributed by atoms with E-state index >= 15 is 0 Å². The van der Waals surface area contributed by atoms with Gasteiger partial charge >= 0.3 is 5.97 Å². The van der Waals surface area contributed by atoms with Gasteiger partial charge in [-0.05, 0) is 13.8 Å². The number of carboxylic acids is 1. The Labute approximate surface area is 115 Å². The van der Waals surface area contributed by atoms with Crippen LogP contribution in [0, 0.1) is 10.8 Å². The number of carboxylic acid groups (broad SMARTS) is 1. The third-order valence-corrected chi connectivity index (χ3v) is 2.39. The fraction of sp³-hybridized carbons (Fsp3) is 0.727. The largest absolute Gasteiger partial charge is 0.481 e. The molecule has 0 unspecified atom stereocenters. The number of aliphatic carboxylic acids is 1. The van der Waals surface area contributed by atoms with Crippen LogP contribution in [0.3, 0.4) is 0 Å². The molecular weight excluding hydrogens is 287 g/mol. The Hall–Kier alpha value is -0.307. The summed E-state index contributed by atoms with van der Waals surface area (Å²) < 4.78 is 0. The SMILES string of the molecule is CC(C)(C)C(=O)CC(=O)C(C)(C)C(=O)O.[Zr]. The standard InChI is InChI=1S/C11H18O4.Zr/c1-10(2,3)7(12)6-8(13)11(4,5)9(14)15;/h6H2,1-5H3,(H,14,15);. The molecule has 1 N–H and O–H groups in total. The summed E-state index contributed by atoms with van der Waals surface area (Å²) in [7, 11) is 0. The van der Waals surface area contributed by atoms with Crippen LogP contribution < -0.4 is 0 Å². The second kappa shape index (κ2) is 5.85. The topological polar surface area (TPSA) is 71.4 Å². The zero-order valence-electron chi connectivity index (χ0n) is 10.4. The number of carbonyl (C=O) groups is 3. The molecule has 0 aliphatic carbocycles. The van der Waals surface area contributed by atoms with Crippen LogP contribution in [0.2, 0.25) is 0 Å². The summed E-state index contributed by atoms with van der Waals surface area (Å²) in [6.07, 6.45) is -0.317. The molecule has 0 aliphatic heterocycles. The fourth-order valence-corrected chi connectivity index (χ4v) is 0.751. The van der Waals surface area contributed by atoms with Gasteiger partial charge in [-0.1, -0.05) is 20.8 Å². The first-order valence-electron chi connectivity index (χ1n) is 4.79. The van der Waals surface area contributed by atoms with E-state index in [4.69, 9.17) is 5.11 Å². The van der Waals surface area contributed by atoms with Gasteiger partial charge in [0.25, 0.3) is 0 Å². The Morgan fingerprint density at radius 1 is 0.938 bits per heavy atom. The van der Waals surface area contributed by atoms with E-state index in [2.05, 4.69) is 0 Å². The molecule has 0 saturated heterocycles. The number of ketones is 2. The summed E-state index contributed by atoms with van der Waals surface area (Å²) >= 11 is 0. The van der Waals surface area contributed by atoms with Crippen LogP contribution in [0.5, 0.6) is 0 Å². The molecule has 0 spiro atoms. The van der Waals surface area contributed by atoms with Crippen molar-refractivity contribution in [2.75, 3.05) is 0 Å². The molecule has 0 rings (SSSR count). The van der Waals surface area contributed by atoms with Crippen molar-refractivity contribution < 1.29 is 45.7 Å². The maximum absolute atomic E-state index is 11.6. The summed E-state index contributed by atoms with van der Waals surface area (Å²) in [5.41, 5.74) is -2.09. The van der Waals surface area contributed by atoms with Crippen LogP contribution in [0.25, 0.3) is 0 Å². The Kier molecular flexibility index (Phi) is 6.61. The van der Waals surface area contributed by atoms with Gasteiger partial charge < -0.3 is 5.11 Å². The van der Waals surface area contributed by atoms with Crippen molar-refractivity contribution in [3.8, 4) is 0 Å². The monoisotopic (exact) mass is 304 g/mol. The molecule has 0 amide bonds. The van der Waals surface area contributed by atoms with Crippen molar-refractivity contribution in [1.29, 1.82) is 0 Å². The number of hydrogen-bond acceptors (Lipinski definition) is 3. The summed E-state index contributed by atoms with van der Waals surface area (Å²) in [4.78, 5) is 33.9. The molecule has 0 aromatic rings. The molecule has 0 radical (unpaired) electrons. The molecule has 0 atom stereocenters. The Bertz CT molecular complexity index is 300. The quantitative estimate of drug-likeness (QED) is 0.802. The Morgan fingerprint density at radius 3 is 1.56 bits per heavy atom. The van der Waals surface area contributed by atoms with Gasteiger partial charge in [-0.25, -0.2) is 0 Å². The predicted molar refractivity (Wildman–Crippen MR) is 55.5 cm³/mol. The van der Waals surface area contributed by atoms with E-state index in [1.165, 1.54) is 13.8 Å². The van der Waals surface area contributed by atoms with E-state index < -0.39 is 22.6 Å². The van der Waals surface area contributed by atoms with Gasteiger partial charge in [0.1, 0.15) is 11.2 Å². The summed E-state index contributed by atoms with van der Waals surface area (Å²) in [5.74, 6) is -1.98. The molecular formula is C11H18O4Zr. The van der Waals surface area contributed by atoms with Gasteiger partial charge in [0, 0.05) is 31.6 Å². The number of rotatable bonds is 4. The molecule has 0 aliphatic rings. The van der Waals surface area contributed by atoms with E-state index in [0.717, 1.165) is 0 Å². The molecule has 0 saturated carbocycles. The van der Waals surface area contributed by atoms with Crippen LogP contribution in [0.15, 0.2) is 0 Å². The molecule has 4 nitrogen and oxygen atoms in total. The predicted octanol–water partition coefficient (Wildman–Crippen LogP) is 1.67. The van der Waals surface area contributed by atoms with Crippen molar-refractivity contribution in [3.05, 3.63) is 0 Å². The van der Waals surface area contributed by atoms with Crippen molar-refractivity contribution in [2.24, 2.45) is 10.8 Å². The van der Waals surface area contributed by atoms with Gasteiger partial charge in [-0.3, -0.25) is 14.4 Å². The minimum absolute atomic E-state index is 0. The van der Waals surface area contributed by atoms with Crippen molar-refractivity contribution in [2.45, 2.75) is 41.0 Å². The second-order valence-corrected chi connectivity index (χ2v) is 5.20. The Balaban J connectivity index is 0. The molecule has 5 heteroatoms. The van der Waals surface area contributed by atoms with E-state index in [1.807, 2.05) is 0 Å². The van der Waals surface area contributed by atoms with Crippen molar-refractivity contribution in [3.63, 3.8) is 0 Å². The summed E-state index contributed by atoms with van der Waals surface area (Å²) in [6, 6.07) is 0. The maximum Gasteiger partial charge on any atom is 0.316 e. The van der Waals surface area contributed by atoms with Crippen LogP contribution in [0.1, 0.15) is 41.0 Å². The average Bonchev–Trinajstić information content (AvgIpc) is 2.01. The third kappa shape index (κ3) is 4.69. The van der Waals surface area contributed by atoms with Crippen LogP contribution in [-0.2, 0) is 40.6 Å². The number of Topliss-reactive ketones (excluding diaryl/α,β-unsaturated/α-hetero) is 2. The third-order valence-electron chi connectivity index (χ3n) is 2.39. The van der Waals surface area contributed by atoms with Gasteiger partial charge in [-0.2, -0.15) is 0 Å². The first-order valence-corrected chi connectivity index (χ1v) is 4.79. The molecule has 0 aromatic carbocycles. The van der Waals surface area contributed by atoms with Crippen LogP contribution >= 0.6 is 0 Å². The van der Waals surface area contributed by atoms with Gasteiger partial charge in [0.05, 0.1) is 6.42 Å². The molecule has 0 heterocycles. The van der Waals surface area contributed by atoms with Gasteiger partial charge in [0.15, 0.2) is 5.78 Å². The maximum atomic E-state index is 11.6. The van der Waals surface area contributed by atoms with Crippen molar-refractivity contribution in [1.82, 2.24) is 0 Å².